The van der Waals surface area contributed by atoms with Gasteiger partial charge >= 0.3 is 0 Å². The van der Waals surface area contributed by atoms with E-state index in [0.29, 0.717) is 11.7 Å². The van der Waals surface area contributed by atoms with Crippen LogP contribution in [0.5, 0.6) is 5.75 Å². The number of thioether (sulfide) groups is 1. The third-order valence-electron chi connectivity index (χ3n) is 4.37. The molecule has 0 aliphatic rings. The van der Waals surface area contributed by atoms with Gasteiger partial charge in [-0.2, -0.15) is 0 Å². The Morgan fingerprint density at radius 3 is 2.45 bits per heavy atom. The van der Waals surface area contributed by atoms with Crippen LogP contribution in [0.15, 0.2) is 72.4 Å². The van der Waals surface area contributed by atoms with Crippen molar-refractivity contribution >= 4 is 17.7 Å². The van der Waals surface area contributed by atoms with Gasteiger partial charge in [-0.1, -0.05) is 48.2 Å². The molecule has 29 heavy (non-hydrogen) atoms. The first-order valence-electron chi connectivity index (χ1n) is 9.16. The minimum Gasteiger partial charge on any atom is -0.497 e. The van der Waals surface area contributed by atoms with Crippen molar-refractivity contribution in [3.05, 3.63) is 72.8 Å². The normalized spacial score (nSPS) is 11.7. The van der Waals surface area contributed by atoms with Gasteiger partial charge in [-0.25, -0.2) is 0 Å². The zero-order chi connectivity index (χ0) is 20.8. The summed E-state index contributed by atoms with van der Waals surface area (Å²) >= 11 is 1.39. The minimum absolute atomic E-state index is 0.000325. The molecule has 0 fully saturated rings. The molecule has 2 aromatic carbocycles. The summed E-state index contributed by atoms with van der Waals surface area (Å²) in [6.45, 7) is 4.39. The number of allylic oxidation sites excluding steroid dienone is 1. The van der Waals surface area contributed by atoms with Gasteiger partial charge in [0.25, 0.3) is 0 Å². The lowest BCUT2D eigenvalue weighted by atomic mass is 10.1. The molecule has 3 aromatic rings. The zero-order valence-electron chi connectivity index (χ0n) is 16.8. The van der Waals surface area contributed by atoms with E-state index in [1.165, 1.54) is 11.8 Å². The van der Waals surface area contributed by atoms with Gasteiger partial charge in [-0.15, -0.1) is 16.8 Å². The number of benzene rings is 2. The second-order valence-corrected chi connectivity index (χ2v) is 7.65. The summed E-state index contributed by atoms with van der Waals surface area (Å²) in [5.74, 6) is 1.50. The highest BCUT2D eigenvalue weighted by atomic mass is 32.2. The number of carbonyl (C=O) groups is 1. The van der Waals surface area contributed by atoms with E-state index in [4.69, 9.17) is 4.74 Å². The van der Waals surface area contributed by atoms with Crippen LogP contribution in [0.2, 0.25) is 0 Å². The Bertz CT molecular complexity index is 968. The molecular weight excluding hydrogens is 384 g/mol. The van der Waals surface area contributed by atoms with Crippen LogP contribution in [0.1, 0.15) is 10.8 Å². The SMILES string of the molecule is C=CCn1c(S[C@H](C(=O)N(C)C)c2ccccc2)nnc1-c1ccc(OC)cc1. The highest BCUT2D eigenvalue weighted by molar-refractivity contribution is 8.00. The summed E-state index contributed by atoms with van der Waals surface area (Å²) in [6.07, 6.45) is 1.80. The quantitative estimate of drug-likeness (QED) is 0.415. The molecule has 150 valence electrons. The zero-order valence-corrected chi connectivity index (χ0v) is 17.6. The molecule has 0 saturated heterocycles. The maximum Gasteiger partial charge on any atom is 0.240 e. The molecule has 1 heterocycles. The van der Waals surface area contributed by atoms with Crippen LogP contribution in [0.4, 0.5) is 0 Å². The summed E-state index contributed by atoms with van der Waals surface area (Å²) in [6, 6.07) is 17.4. The first kappa shape index (κ1) is 20.7. The topological polar surface area (TPSA) is 60.2 Å². The summed E-state index contributed by atoms with van der Waals surface area (Å²) < 4.78 is 7.20. The van der Waals surface area contributed by atoms with Crippen molar-refractivity contribution in [1.82, 2.24) is 19.7 Å². The van der Waals surface area contributed by atoms with Crippen LogP contribution in [0, 0.1) is 0 Å². The maximum absolute atomic E-state index is 12.9. The van der Waals surface area contributed by atoms with Gasteiger partial charge in [0, 0.05) is 26.2 Å². The number of aromatic nitrogens is 3. The van der Waals surface area contributed by atoms with Crippen LogP contribution in [-0.2, 0) is 11.3 Å². The third-order valence-corrected chi connectivity index (χ3v) is 5.59. The number of likely N-dealkylation sites (N-methyl/N-ethyl adjacent to an activating group) is 1. The van der Waals surface area contributed by atoms with Gasteiger partial charge in [-0.05, 0) is 29.8 Å². The number of amides is 1. The Morgan fingerprint density at radius 2 is 1.86 bits per heavy atom. The molecule has 1 amide bonds. The number of nitrogens with zero attached hydrogens (tertiary/aromatic N) is 4. The minimum atomic E-state index is -0.414. The summed E-state index contributed by atoms with van der Waals surface area (Å²) in [7, 11) is 5.15. The lowest BCUT2D eigenvalue weighted by Crippen LogP contribution is -2.27. The van der Waals surface area contributed by atoms with Gasteiger partial charge < -0.3 is 9.64 Å². The molecule has 7 heteroatoms. The van der Waals surface area contributed by atoms with Crippen molar-refractivity contribution in [3.8, 4) is 17.1 Å². The van der Waals surface area contributed by atoms with Crippen LogP contribution in [0.3, 0.4) is 0 Å². The van der Waals surface area contributed by atoms with Gasteiger partial charge in [0.15, 0.2) is 11.0 Å². The third kappa shape index (κ3) is 4.68. The molecule has 0 N–H and O–H groups in total. The Hall–Kier alpha value is -3.06. The van der Waals surface area contributed by atoms with Crippen molar-refractivity contribution in [1.29, 1.82) is 0 Å². The van der Waals surface area contributed by atoms with Gasteiger partial charge in [-0.3, -0.25) is 9.36 Å². The lowest BCUT2D eigenvalue weighted by Gasteiger charge is -2.20. The molecule has 1 atom stereocenters. The molecular formula is C22H24N4O2S. The van der Waals surface area contributed by atoms with E-state index in [1.807, 2.05) is 59.2 Å². The highest BCUT2D eigenvalue weighted by Crippen LogP contribution is 2.37. The van der Waals surface area contributed by atoms with E-state index in [-0.39, 0.29) is 5.91 Å². The van der Waals surface area contributed by atoms with Crippen molar-refractivity contribution in [2.75, 3.05) is 21.2 Å². The number of hydrogen-bond acceptors (Lipinski definition) is 5. The maximum atomic E-state index is 12.9. The molecule has 0 spiro atoms. The highest BCUT2D eigenvalue weighted by Gasteiger charge is 2.27. The Morgan fingerprint density at radius 1 is 1.17 bits per heavy atom. The second-order valence-electron chi connectivity index (χ2n) is 6.58. The van der Waals surface area contributed by atoms with Crippen LogP contribution >= 0.6 is 11.8 Å². The van der Waals surface area contributed by atoms with Crippen LogP contribution in [-0.4, -0.2) is 46.8 Å². The summed E-state index contributed by atoms with van der Waals surface area (Å²) in [5, 5.41) is 9.03. The molecule has 0 radical (unpaired) electrons. The standard InChI is InChI=1S/C22H24N4O2S/c1-5-15-26-20(17-11-13-18(28-4)14-12-17)23-24-22(26)29-19(21(27)25(2)3)16-9-7-6-8-10-16/h5-14,19H,1,15H2,2-4H3/t19-/m0/s1. The average molecular weight is 409 g/mol. The average Bonchev–Trinajstić information content (AvgIpc) is 3.14. The van der Waals surface area contributed by atoms with Crippen molar-refractivity contribution < 1.29 is 9.53 Å². The number of methoxy groups -OCH3 is 1. The van der Waals surface area contributed by atoms with E-state index in [2.05, 4.69) is 16.8 Å². The van der Waals surface area contributed by atoms with E-state index in [9.17, 15) is 4.79 Å². The molecule has 6 nitrogen and oxygen atoms in total. The van der Waals surface area contributed by atoms with E-state index in [0.717, 1.165) is 22.7 Å². The van der Waals surface area contributed by atoms with E-state index < -0.39 is 5.25 Å². The van der Waals surface area contributed by atoms with E-state index in [1.54, 1.807) is 32.2 Å². The smallest absolute Gasteiger partial charge is 0.240 e. The van der Waals surface area contributed by atoms with Crippen LogP contribution < -0.4 is 4.74 Å². The molecule has 0 saturated carbocycles. The van der Waals surface area contributed by atoms with E-state index >= 15 is 0 Å². The number of ether oxygens (including phenoxy) is 1. The van der Waals surface area contributed by atoms with Crippen molar-refractivity contribution in [3.63, 3.8) is 0 Å². The molecule has 0 bridgehead atoms. The summed E-state index contributed by atoms with van der Waals surface area (Å²) in [4.78, 5) is 14.5. The lowest BCUT2D eigenvalue weighted by molar-refractivity contribution is -0.128. The largest absolute Gasteiger partial charge is 0.497 e. The number of rotatable bonds is 8. The fraction of sp³-hybridized carbons (Fsp3) is 0.227. The van der Waals surface area contributed by atoms with Gasteiger partial charge in [0.1, 0.15) is 11.0 Å². The first-order chi connectivity index (χ1) is 14.0. The molecule has 1 aromatic heterocycles. The Labute approximate surface area is 175 Å². The molecule has 0 aliphatic carbocycles. The number of carbonyl (C=O) groups excluding carboxylic acids is 1. The molecule has 3 rings (SSSR count). The number of hydrogen-bond donors (Lipinski definition) is 0. The fourth-order valence-corrected chi connectivity index (χ4v) is 4.04. The predicted octanol–water partition coefficient (Wildman–Crippen LogP) is 4.06. The fourth-order valence-electron chi connectivity index (χ4n) is 2.85. The van der Waals surface area contributed by atoms with Crippen molar-refractivity contribution in [2.24, 2.45) is 0 Å². The molecule has 0 aliphatic heterocycles. The van der Waals surface area contributed by atoms with Crippen LogP contribution in [0.25, 0.3) is 11.4 Å². The predicted molar refractivity (Wildman–Crippen MR) is 116 cm³/mol. The van der Waals surface area contributed by atoms with Crippen molar-refractivity contribution in [2.45, 2.75) is 17.0 Å². The Kier molecular flexibility index (Phi) is 6.72. The molecule has 0 unspecified atom stereocenters. The Balaban J connectivity index is 1.99. The van der Waals surface area contributed by atoms with Gasteiger partial charge in [0.2, 0.25) is 5.91 Å². The first-order valence-corrected chi connectivity index (χ1v) is 10.0. The summed E-state index contributed by atoms with van der Waals surface area (Å²) in [5.41, 5.74) is 1.84. The second kappa shape index (κ2) is 9.43. The van der Waals surface area contributed by atoms with Gasteiger partial charge in [0.05, 0.1) is 7.11 Å². The monoisotopic (exact) mass is 408 g/mol.